The fraction of sp³-hybridized carbons (Fsp3) is 1.00. The molecular formula is C4H13NOP2S. The largest absolute Gasteiger partial charge is 0.361 e. The Balaban J connectivity index is 3.50. The minimum atomic E-state index is 0.185. The molecule has 0 aromatic carbocycles. The maximum absolute atomic E-state index is 4.99. The predicted molar refractivity (Wildman–Crippen MR) is 50.7 cm³/mol. The molecule has 56 valence electrons. The van der Waals surface area contributed by atoms with Crippen LogP contribution in [-0.4, -0.2) is 17.9 Å². The maximum Gasteiger partial charge on any atom is 0.0746 e. The van der Waals surface area contributed by atoms with Crippen LogP contribution < -0.4 is 5.09 Å². The van der Waals surface area contributed by atoms with E-state index in [4.69, 9.17) is 4.52 Å². The predicted octanol–water partition coefficient (Wildman–Crippen LogP) is 0.860. The summed E-state index contributed by atoms with van der Waals surface area (Å²) in [5.41, 5.74) is 0. The minimum absolute atomic E-state index is 0.185. The number of hydrogen-bond acceptors (Lipinski definition) is 3. The molecule has 0 saturated carbocycles. The fourth-order valence-electron chi connectivity index (χ4n) is 0.431. The van der Waals surface area contributed by atoms with E-state index in [9.17, 15) is 0 Å². The summed E-state index contributed by atoms with van der Waals surface area (Å²) in [5, 5.41) is 3.00. The molecule has 0 aromatic heterocycles. The van der Waals surface area contributed by atoms with E-state index >= 15 is 0 Å². The van der Waals surface area contributed by atoms with Gasteiger partial charge < -0.3 is 4.52 Å². The van der Waals surface area contributed by atoms with Crippen LogP contribution in [0.4, 0.5) is 0 Å². The van der Waals surface area contributed by atoms with Crippen molar-refractivity contribution in [2.75, 3.05) is 5.75 Å². The van der Waals surface area contributed by atoms with E-state index in [-0.39, 0.29) is 6.10 Å². The molecule has 0 aliphatic rings. The van der Waals surface area contributed by atoms with Crippen LogP contribution in [0.2, 0.25) is 0 Å². The van der Waals surface area contributed by atoms with Crippen LogP contribution in [0.15, 0.2) is 0 Å². The van der Waals surface area contributed by atoms with Gasteiger partial charge in [0.1, 0.15) is 0 Å². The topological polar surface area (TPSA) is 21.3 Å². The normalized spacial score (nSPS) is 17.3. The van der Waals surface area contributed by atoms with Crippen molar-refractivity contribution in [1.29, 1.82) is 0 Å². The first-order valence-corrected chi connectivity index (χ1v) is 4.37. The molecule has 0 aromatic rings. The second-order valence-corrected chi connectivity index (χ2v) is 2.77. The molecule has 0 bridgehead atoms. The van der Waals surface area contributed by atoms with Gasteiger partial charge in [0.05, 0.1) is 6.10 Å². The van der Waals surface area contributed by atoms with Crippen molar-refractivity contribution in [2.24, 2.45) is 0 Å². The van der Waals surface area contributed by atoms with Gasteiger partial charge in [-0.2, -0.15) is 12.6 Å². The summed E-state index contributed by atoms with van der Waals surface area (Å²) in [7, 11) is 4.69. The first-order valence-electron chi connectivity index (χ1n) is 2.68. The second kappa shape index (κ2) is 5.88. The highest BCUT2D eigenvalue weighted by Crippen LogP contribution is 2.05. The summed E-state index contributed by atoms with van der Waals surface area (Å²) < 4.78 is 4.99. The SMILES string of the molecule is C[C@@H](OP)[C@@H](CS)NP. The Labute approximate surface area is 66.5 Å². The van der Waals surface area contributed by atoms with E-state index in [0.29, 0.717) is 6.04 Å². The van der Waals surface area contributed by atoms with Crippen LogP contribution in [0, 0.1) is 0 Å². The van der Waals surface area contributed by atoms with Crippen LogP contribution in [-0.2, 0) is 4.52 Å². The molecule has 4 atom stereocenters. The standard InChI is InChI=1S/C4H13NOP2S/c1-3(6-8)4(2-9)5-7/h3-5,9H,2,7-8H2,1H3/t3-,4-/m1/s1. The molecular weight excluding hydrogens is 172 g/mol. The number of rotatable bonds is 4. The molecule has 1 N–H and O–H groups in total. The number of thiol groups is 1. The van der Waals surface area contributed by atoms with Crippen molar-refractivity contribution < 1.29 is 4.52 Å². The quantitative estimate of drug-likeness (QED) is 0.500. The van der Waals surface area contributed by atoms with Gasteiger partial charge >= 0.3 is 0 Å². The summed E-state index contributed by atoms with van der Waals surface area (Å²) in [6.07, 6.45) is 0.185. The Morgan fingerprint density at radius 2 is 2.33 bits per heavy atom. The van der Waals surface area contributed by atoms with Crippen LogP contribution in [0.5, 0.6) is 0 Å². The third-order valence-electron chi connectivity index (χ3n) is 1.19. The lowest BCUT2D eigenvalue weighted by Crippen LogP contribution is -2.34. The van der Waals surface area contributed by atoms with Gasteiger partial charge in [0.25, 0.3) is 0 Å². The molecule has 0 aliphatic carbocycles. The summed E-state index contributed by atoms with van der Waals surface area (Å²) in [6, 6.07) is 0.302. The zero-order valence-electron chi connectivity index (χ0n) is 5.37. The molecule has 2 unspecified atom stereocenters. The van der Waals surface area contributed by atoms with Gasteiger partial charge in [0.2, 0.25) is 0 Å². The Kier molecular flexibility index (Phi) is 6.62. The van der Waals surface area contributed by atoms with Crippen LogP contribution >= 0.6 is 31.5 Å². The van der Waals surface area contributed by atoms with Crippen molar-refractivity contribution in [1.82, 2.24) is 5.09 Å². The summed E-state index contributed by atoms with van der Waals surface area (Å²) in [6.45, 7) is 1.99. The van der Waals surface area contributed by atoms with Crippen molar-refractivity contribution in [3.63, 3.8) is 0 Å². The molecule has 0 heterocycles. The third-order valence-corrected chi connectivity index (χ3v) is 2.44. The average Bonchev–Trinajstić information content (AvgIpc) is 1.90. The highest BCUT2D eigenvalue weighted by Gasteiger charge is 2.11. The summed E-state index contributed by atoms with van der Waals surface area (Å²) in [4.78, 5) is 0. The Bertz CT molecular complexity index is 71.6. The zero-order chi connectivity index (χ0) is 7.28. The van der Waals surface area contributed by atoms with Gasteiger partial charge in [-0.15, -0.1) is 0 Å². The monoisotopic (exact) mass is 185 g/mol. The van der Waals surface area contributed by atoms with E-state index in [1.165, 1.54) is 0 Å². The smallest absolute Gasteiger partial charge is 0.0746 e. The fourth-order valence-corrected chi connectivity index (χ4v) is 1.61. The van der Waals surface area contributed by atoms with Crippen molar-refractivity contribution in [2.45, 2.75) is 19.1 Å². The Morgan fingerprint density at radius 3 is 2.44 bits per heavy atom. The molecule has 9 heavy (non-hydrogen) atoms. The van der Waals surface area contributed by atoms with E-state index in [1.54, 1.807) is 0 Å². The molecule has 0 aliphatic heterocycles. The van der Waals surface area contributed by atoms with Crippen molar-refractivity contribution >= 4 is 31.5 Å². The molecule has 0 fully saturated rings. The summed E-state index contributed by atoms with van der Waals surface area (Å²) in [5.74, 6) is 0.777. The van der Waals surface area contributed by atoms with E-state index in [1.807, 2.05) is 6.92 Å². The maximum atomic E-state index is 4.99. The first kappa shape index (κ1) is 10.1. The number of hydrogen-bond donors (Lipinski definition) is 2. The van der Waals surface area contributed by atoms with Crippen LogP contribution in [0.25, 0.3) is 0 Å². The van der Waals surface area contributed by atoms with Crippen molar-refractivity contribution in [3.8, 4) is 0 Å². The van der Waals surface area contributed by atoms with Gasteiger partial charge in [-0.3, -0.25) is 5.09 Å². The van der Waals surface area contributed by atoms with Gasteiger partial charge in [0, 0.05) is 21.3 Å². The van der Waals surface area contributed by atoms with Gasteiger partial charge in [-0.1, -0.05) is 9.39 Å². The van der Waals surface area contributed by atoms with Gasteiger partial charge in [0.15, 0.2) is 0 Å². The zero-order valence-corrected chi connectivity index (χ0v) is 8.58. The lowest BCUT2D eigenvalue weighted by atomic mass is 10.2. The highest BCUT2D eigenvalue weighted by molar-refractivity contribution is 7.80. The Morgan fingerprint density at radius 1 is 1.78 bits per heavy atom. The molecule has 0 spiro atoms. The van der Waals surface area contributed by atoms with Gasteiger partial charge in [-0.05, 0) is 6.92 Å². The van der Waals surface area contributed by atoms with E-state index < -0.39 is 0 Å². The van der Waals surface area contributed by atoms with E-state index in [2.05, 4.69) is 36.6 Å². The highest BCUT2D eigenvalue weighted by atomic mass is 32.1. The number of nitrogens with one attached hydrogen (secondary N) is 1. The van der Waals surface area contributed by atoms with Crippen LogP contribution in [0.1, 0.15) is 6.92 Å². The third kappa shape index (κ3) is 3.75. The van der Waals surface area contributed by atoms with E-state index in [0.717, 1.165) is 5.75 Å². The first-order chi connectivity index (χ1) is 4.26. The molecule has 0 rings (SSSR count). The van der Waals surface area contributed by atoms with Crippen molar-refractivity contribution in [3.05, 3.63) is 0 Å². The minimum Gasteiger partial charge on any atom is -0.361 e. The van der Waals surface area contributed by atoms with Crippen LogP contribution in [0.3, 0.4) is 0 Å². The Hall–Kier alpha value is 1.13. The second-order valence-electron chi connectivity index (χ2n) is 1.80. The molecule has 0 radical (unpaired) electrons. The lowest BCUT2D eigenvalue weighted by Gasteiger charge is -2.19. The summed E-state index contributed by atoms with van der Waals surface area (Å²) >= 11 is 4.12. The lowest BCUT2D eigenvalue weighted by molar-refractivity contribution is 0.228. The molecule has 5 heteroatoms. The van der Waals surface area contributed by atoms with Gasteiger partial charge in [-0.25, -0.2) is 0 Å². The molecule has 0 amide bonds. The molecule has 0 saturated heterocycles. The average molecular weight is 185 g/mol. The molecule has 2 nitrogen and oxygen atoms in total.